The molecule has 0 saturated carbocycles. The van der Waals surface area contributed by atoms with Gasteiger partial charge in [-0.2, -0.15) is 0 Å². The van der Waals surface area contributed by atoms with Crippen LogP contribution < -0.4 is 0 Å². The summed E-state index contributed by atoms with van der Waals surface area (Å²) in [5, 5.41) is 35.3. The number of aliphatic hydroxyl groups is 3. The van der Waals surface area contributed by atoms with E-state index >= 15 is 0 Å². The van der Waals surface area contributed by atoms with E-state index in [-0.39, 0.29) is 44.0 Å². The van der Waals surface area contributed by atoms with E-state index in [0.29, 0.717) is 18.3 Å². The van der Waals surface area contributed by atoms with E-state index in [9.17, 15) is 39.3 Å². The Hall–Kier alpha value is -3.25. The van der Waals surface area contributed by atoms with E-state index in [2.05, 4.69) is 0 Å². The van der Waals surface area contributed by atoms with Crippen LogP contribution in [0.4, 0.5) is 0 Å². The molecule has 3 fully saturated rings. The molecule has 73 heavy (non-hydrogen) atoms. The first-order valence-corrected chi connectivity index (χ1v) is 25.9. The number of likely N-dealkylation sites (N-methyl/N-ethyl adjacent to an activating group) is 1. The Kier molecular flexibility index (Phi) is 24.1. The molecule has 0 bridgehead atoms. The number of allylic oxidation sites excluding steroid dienone is 3. The van der Waals surface area contributed by atoms with Crippen molar-refractivity contribution < 1.29 is 91.4 Å². The molecule has 0 aromatic rings. The molecule has 20 heteroatoms. The van der Waals surface area contributed by atoms with Gasteiger partial charge in [-0.05, 0) is 79.5 Å². The Labute approximate surface area is 432 Å². The lowest BCUT2D eigenvalue weighted by Crippen LogP contribution is -2.65. The van der Waals surface area contributed by atoms with Gasteiger partial charge in [-0.25, -0.2) is 0 Å². The van der Waals surface area contributed by atoms with E-state index in [1.807, 2.05) is 26.8 Å². The molecule has 4 heterocycles. The molecule has 4 rings (SSSR count). The number of methoxy groups -OCH3 is 2. The number of cyclic esters (lactones) is 1. The molecule has 3 N–H and O–H groups in total. The summed E-state index contributed by atoms with van der Waals surface area (Å²) in [5.41, 5.74) is -0.840. The van der Waals surface area contributed by atoms with Gasteiger partial charge in [-0.15, -0.1) is 0 Å². The summed E-state index contributed by atoms with van der Waals surface area (Å²) in [6.45, 7) is 18.8. The highest BCUT2D eigenvalue weighted by Gasteiger charge is 2.53. The fourth-order valence-corrected chi connectivity index (χ4v) is 10.6. The summed E-state index contributed by atoms with van der Waals surface area (Å²) in [6.07, 6.45) is -8.45. The highest BCUT2D eigenvalue weighted by Crippen LogP contribution is 2.38. The fourth-order valence-electron chi connectivity index (χ4n) is 10.6. The Morgan fingerprint density at radius 2 is 1.53 bits per heavy atom. The molecule has 20 nitrogen and oxygen atoms in total. The van der Waals surface area contributed by atoms with Gasteiger partial charge in [0.05, 0.1) is 49.6 Å². The second-order valence-corrected chi connectivity index (χ2v) is 21.4. The van der Waals surface area contributed by atoms with Crippen LogP contribution in [0, 0.1) is 29.6 Å². The minimum absolute atomic E-state index is 0.0405. The maximum absolute atomic E-state index is 14.0. The molecular formula is C53H87NO19. The number of hydrogen-bond donors (Lipinski definition) is 3. The SMILES string of the molecule is CCC1OC(=O)CC(O)C(C)C(OC2OC(C)C(OC3CC(C)(O)C(OC(C)=O)C(C)O3)C(N(C)C)C2O)C(CC=O)CC(C)C(=O)C=CC(C)=CC1COC1OC(C)C(OC(=O)CC(C)C)C(OC)C1OC. The zero-order valence-corrected chi connectivity index (χ0v) is 45.7. The zero-order chi connectivity index (χ0) is 54.6. The third-order valence-electron chi connectivity index (χ3n) is 14.5. The maximum Gasteiger partial charge on any atom is 0.308 e. The van der Waals surface area contributed by atoms with Crippen LogP contribution in [0.25, 0.3) is 0 Å². The first-order chi connectivity index (χ1) is 34.3. The van der Waals surface area contributed by atoms with Crippen LogP contribution in [-0.2, 0) is 76.1 Å². The average molecular weight is 1040 g/mol. The molecular weight excluding hydrogens is 955 g/mol. The van der Waals surface area contributed by atoms with Crippen LogP contribution in [-0.4, -0.2) is 189 Å². The molecule has 0 amide bonds. The molecule has 0 aliphatic carbocycles. The molecule has 0 aromatic carbocycles. The average Bonchev–Trinajstić information content (AvgIpc) is 3.29. The molecule has 21 atom stereocenters. The van der Waals surface area contributed by atoms with Gasteiger partial charge >= 0.3 is 17.9 Å². The Morgan fingerprint density at radius 3 is 2.11 bits per heavy atom. The van der Waals surface area contributed by atoms with Gasteiger partial charge in [0, 0.05) is 58.2 Å². The number of ketones is 1. The number of nitrogens with zero attached hydrogens (tertiary/aromatic N) is 1. The zero-order valence-electron chi connectivity index (χ0n) is 45.7. The summed E-state index contributed by atoms with van der Waals surface area (Å²) in [5.74, 6) is -4.63. The quantitative estimate of drug-likeness (QED) is 0.106. The molecule has 4 aliphatic rings. The smallest absolute Gasteiger partial charge is 0.308 e. The molecule has 418 valence electrons. The van der Waals surface area contributed by atoms with Crippen molar-refractivity contribution in [1.82, 2.24) is 4.90 Å². The Morgan fingerprint density at radius 1 is 0.890 bits per heavy atom. The van der Waals surface area contributed by atoms with Gasteiger partial charge in [0.15, 0.2) is 36.9 Å². The van der Waals surface area contributed by atoms with Crippen LogP contribution in [0.2, 0.25) is 0 Å². The lowest BCUT2D eigenvalue weighted by molar-refractivity contribution is -0.342. The first-order valence-electron chi connectivity index (χ1n) is 25.9. The number of aliphatic hydroxyl groups excluding tert-OH is 2. The second-order valence-electron chi connectivity index (χ2n) is 21.4. The predicted octanol–water partition coefficient (Wildman–Crippen LogP) is 4.00. The highest BCUT2D eigenvalue weighted by molar-refractivity contribution is 5.91. The number of rotatable bonds is 17. The van der Waals surface area contributed by atoms with Gasteiger partial charge in [0.25, 0.3) is 0 Å². The van der Waals surface area contributed by atoms with Gasteiger partial charge in [0.1, 0.15) is 42.4 Å². The van der Waals surface area contributed by atoms with Crippen molar-refractivity contribution in [3.8, 4) is 0 Å². The summed E-state index contributed by atoms with van der Waals surface area (Å²) < 4.78 is 67.2. The Balaban J connectivity index is 1.60. The predicted molar refractivity (Wildman–Crippen MR) is 263 cm³/mol. The molecule has 0 spiro atoms. The van der Waals surface area contributed by atoms with Crippen molar-refractivity contribution in [2.75, 3.05) is 34.9 Å². The summed E-state index contributed by atoms with van der Waals surface area (Å²) in [7, 11) is 6.45. The third-order valence-corrected chi connectivity index (χ3v) is 14.5. The minimum atomic E-state index is -1.51. The van der Waals surface area contributed by atoms with Crippen molar-refractivity contribution in [3.05, 3.63) is 23.8 Å². The summed E-state index contributed by atoms with van der Waals surface area (Å²) in [6, 6.07) is -0.786. The van der Waals surface area contributed by atoms with Crippen LogP contribution >= 0.6 is 0 Å². The second kappa shape index (κ2) is 28.2. The van der Waals surface area contributed by atoms with Gasteiger partial charge < -0.3 is 77.1 Å². The van der Waals surface area contributed by atoms with Crippen LogP contribution in [0.15, 0.2) is 23.8 Å². The molecule has 0 aromatic heterocycles. The highest BCUT2D eigenvalue weighted by atomic mass is 16.7. The van der Waals surface area contributed by atoms with E-state index in [1.165, 1.54) is 34.1 Å². The lowest BCUT2D eigenvalue weighted by atomic mass is 9.79. The maximum atomic E-state index is 14.0. The molecule has 3 saturated heterocycles. The third kappa shape index (κ3) is 16.9. The normalized spacial score (nSPS) is 40.5. The first kappa shape index (κ1) is 62.3. The van der Waals surface area contributed by atoms with Crippen molar-refractivity contribution in [1.29, 1.82) is 0 Å². The van der Waals surface area contributed by atoms with Gasteiger partial charge in [0.2, 0.25) is 0 Å². The number of ether oxygens (including phenoxy) is 11. The number of aldehydes is 1. The van der Waals surface area contributed by atoms with Gasteiger partial charge in [-0.3, -0.25) is 19.2 Å². The minimum Gasteiger partial charge on any atom is -0.462 e. The van der Waals surface area contributed by atoms with E-state index in [4.69, 9.17) is 52.1 Å². The van der Waals surface area contributed by atoms with Crippen molar-refractivity contribution >= 4 is 30.0 Å². The number of carbonyl (C=O) groups is 5. The number of esters is 3. The van der Waals surface area contributed by atoms with Crippen LogP contribution in [0.1, 0.15) is 115 Å². The van der Waals surface area contributed by atoms with E-state index in [1.54, 1.807) is 66.6 Å². The topological polar surface area (TPSA) is 251 Å². The molecule has 4 aliphatic heterocycles. The van der Waals surface area contributed by atoms with E-state index < -0.39 is 152 Å². The standard InChI is InChI=1S/C53H87NO19/c1-16-39-36(26-65-52-49(64-15)48(63-14)47(32(8)68-52)71-40(59)21-27(2)3)22-28(4)17-18-37(57)29(5)23-35(19-20-55)45(30(6)38(58)24-41(60)70-39)73-51-44(61)43(54(12)13)46(31(7)67-51)72-42-25-53(11,62)50(33(9)66-42)69-34(10)56/h17-18,20,22,27,29-33,35-36,38-39,42-52,58,61-62H,16,19,21,23-26H2,1-15H3. The molecule has 21 unspecified atom stereocenters. The Bertz CT molecular complexity index is 1860. The molecule has 0 radical (unpaired) electrons. The fraction of sp³-hybridized carbons (Fsp3) is 0.830. The van der Waals surface area contributed by atoms with Crippen LogP contribution in [0.3, 0.4) is 0 Å². The van der Waals surface area contributed by atoms with Crippen molar-refractivity contribution in [2.24, 2.45) is 29.6 Å². The van der Waals surface area contributed by atoms with Crippen molar-refractivity contribution in [2.45, 2.75) is 218 Å². The lowest BCUT2D eigenvalue weighted by Gasteiger charge is -2.50. The van der Waals surface area contributed by atoms with E-state index in [0.717, 1.165) is 0 Å². The number of carbonyl (C=O) groups excluding carboxylic acids is 5. The monoisotopic (exact) mass is 1040 g/mol. The van der Waals surface area contributed by atoms with Gasteiger partial charge in [-0.1, -0.05) is 52.3 Å². The summed E-state index contributed by atoms with van der Waals surface area (Å²) >= 11 is 0. The van der Waals surface area contributed by atoms with Crippen LogP contribution in [0.5, 0.6) is 0 Å². The van der Waals surface area contributed by atoms with Crippen molar-refractivity contribution in [3.63, 3.8) is 0 Å². The largest absolute Gasteiger partial charge is 0.462 e. The summed E-state index contributed by atoms with van der Waals surface area (Å²) in [4.78, 5) is 66.5. The number of hydrogen-bond acceptors (Lipinski definition) is 20.